The Morgan fingerprint density at radius 1 is 0.815 bits per heavy atom. The number of nitrogens with one attached hydrogen (secondary N) is 1. The number of halogens is 3. The van der Waals surface area contributed by atoms with Crippen molar-refractivity contribution in [3.8, 4) is 17.2 Å². The lowest BCUT2D eigenvalue weighted by Crippen LogP contribution is -2.72. The van der Waals surface area contributed by atoms with Gasteiger partial charge in [0.15, 0.2) is 11.5 Å². The summed E-state index contributed by atoms with van der Waals surface area (Å²) in [5, 5.41) is 13.3. The van der Waals surface area contributed by atoms with Gasteiger partial charge in [0, 0.05) is 45.0 Å². The van der Waals surface area contributed by atoms with Crippen LogP contribution < -0.4 is 19.5 Å². The maximum Gasteiger partial charge on any atom is 0.438 e. The molecule has 286 valence electrons. The van der Waals surface area contributed by atoms with Crippen LogP contribution in [-0.2, 0) is 30.4 Å². The predicted octanol–water partition coefficient (Wildman–Crippen LogP) is 4.77. The number of amides is 3. The summed E-state index contributed by atoms with van der Waals surface area (Å²) < 4.78 is 61.5. The van der Waals surface area contributed by atoms with Gasteiger partial charge in [0.25, 0.3) is 17.5 Å². The lowest BCUT2D eigenvalue weighted by atomic mass is 9.88. The molecular weight excluding hydrogens is 715 g/mol. The maximum absolute atomic E-state index is 15.3. The van der Waals surface area contributed by atoms with Gasteiger partial charge in [-0.05, 0) is 42.2 Å². The van der Waals surface area contributed by atoms with Crippen molar-refractivity contribution in [1.82, 2.24) is 15.1 Å². The minimum atomic E-state index is -5.61. The third-order valence-corrected chi connectivity index (χ3v) is 8.13. The molecule has 13 nitrogen and oxygen atoms in total. The van der Waals surface area contributed by atoms with Crippen LogP contribution in [0.5, 0.6) is 17.2 Å². The van der Waals surface area contributed by atoms with E-state index in [0.29, 0.717) is 4.90 Å². The number of esters is 3. The first kappa shape index (κ1) is 40.7. The number of rotatable bonds is 11. The summed E-state index contributed by atoms with van der Waals surface area (Å²) in [6, 6.07) is 13.4. The number of benzene rings is 3. The molecule has 3 aromatic carbocycles. The van der Waals surface area contributed by atoms with Gasteiger partial charge in [-0.3, -0.25) is 33.7 Å². The Morgan fingerprint density at radius 2 is 1.31 bits per heavy atom. The van der Waals surface area contributed by atoms with E-state index in [1.54, 1.807) is 43.4 Å². The summed E-state index contributed by atoms with van der Waals surface area (Å²) in [6.07, 6.45) is -5.24. The predicted molar refractivity (Wildman–Crippen MR) is 185 cm³/mol. The summed E-state index contributed by atoms with van der Waals surface area (Å²) in [6.45, 7) is 6.86. The highest BCUT2D eigenvalue weighted by Crippen LogP contribution is 2.45. The molecule has 0 bridgehead atoms. The van der Waals surface area contributed by atoms with Crippen LogP contribution in [0.1, 0.15) is 63.0 Å². The van der Waals surface area contributed by atoms with Gasteiger partial charge in [0.2, 0.25) is 11.7 Å². The number of ether oxygens (including phenoxy) is 3. The molecule has 0 spiro atoms. The molecule has 2 N–H and O–H groups in total. The van der Waals surface area contributed by atoms with Gasteiger partial charge in [-0.25, -0.2) is 0 Å². The van der Waals surface area contributed by atoms with E-state index in [1.807, 2.05) is 0 Å². The molecular formula is C38H38F3N3O10. The molecule has 3 aromatic rings. The quantitative estimate of drug-likeness (QED) is 0.158. The van der Waals surface area contributed by atoms with E-state index in [0.717, 1.165) is 50.9 Å². The second kappa shape index (κ2) is 16.3. The Kier molecular flexibility index (Phi) is 12.3. The van der Waals surface area contributed by atoms with E-state index in [1.165, 1.54) is 36.4 Å². The fourth-order valence-electron chi connectivity index (χ4n) is 6.02. The first-order valence-electron chi connectivity index (χ1n) is 16.5. The highest BCUT2D eigenvalue weighted by Gasteiger charge is 2.63. The number of alkyl halides is 3. The van der Waals surface area contributed by atoms with E-state index < -0.39 is 94.9 Å². The lowest BCUT2D eigenvalue weighted by molar-refractivity contribution is -0.287. The topological polar surface area (TPSA) is 169 Å². The van der Waals surface area contributed by atoms with Crippen molar-refractivity contribution in [3.63, 3.8) is 0 Å². The summed E-state index contributed by atoms with van der Waals surface area (Å²) in [5.41, 5.74) is -4.60. The van der Waals surface area contributed by atoms with E-state index in [-0.39, 0.29) is 16.7 Å². The van der Waals surface area contributed by atoms with Gasteiger partial charge in [0.05, 0.1) is 11.7 Å². The first-order chi connectivity index (χ1) is 25.2. The van der Waals surface area contributed by atoms with Crippen LogP contribution in [0.15, 0.2) is 79.0 Å². The number of hydrogen-bond acceptors (Lipinski definition) is 10. The third-order valence-electron chi connectivity index (χ3n) is 8.13. The molecule has 1 aliphatic heterocycles. The number of carbonyl (C=O) groups excluding carboxylic acids is 6. The molecule has 54 heavy (non-hydrogen) atoms. The smallest absolute Gasteiger partial charge is 0.423 e. The zero-order valence-electron chi connectivity index (χ0n) is 30.1. The van der Waals surface area contributed by atoms with Crippen LogP contribution in [0.4, 0.5) is 13.2 Å². The second-order valence-corrected chi connectivity index (χ2v) is 12.7. The highest BCUT2D eigenvalue weighted by atomic mass is 19.4. The van der Waals surface area contributed by atoms with E-state index >= 15 is 13.2 Å². The second-order valence-electron chi connectivity index (χ2n) is 12.7. The molecule has 3 amide bonds. The largest absolute Gasteiger partial charge is 0.438 e. The molecule has 0 aliphatic carbocycles. The van der Waals surface area contributed by atoms with E-state index in [2.05, 4.69) is 0 Å². The van der Waals surface area contributed by atoms with Crippen LogP contribution >= 0.6 is 0 Å². The van der Waals surface area contributed by atoms with Gasteiger partial charge < -0.3 is 29.5 Å². The van der Waals surface area contributed by atoms with Crippen LogP contribution in [0.2, 0.25) is 0 Å². The van der Waals surface area contributed by atoms with Crippen LogP contribution in [-0.4, -0.2) is 74.5 Å². The Labute approximate surface area is 308 Å². The van der Waals surface area contributed by atoms with Gasteiger partial charge in [-0.15, -0.1) is 0 Å². The zero-order chi connectivity index (χ0) is 40.1. The minimum Gasteiger partial charge on any atom is -0.423 e. The van der Waals surface area contributed by atoms with Crippen molar-refractivity contribution in [1.29, 1.82) is 0 Å². The molecule has 16 heteroatoms. The zero-order valence-corrected chi connectivity index (χ0v) is 30.1. The van der Waals surface area contributed by atoms with Crippen molar-refractivity contribution < 1.29 is 61.3 Å². The first-order valence-corrected chi connectivity index (χ1v) is 16.5. The highest BCUT2D eigenvalue weighted by molar-refractivity contribution is 6.03. The van der Waals surface area contributed by atoms with Crippen molar-refractivity contribution in [2.45, 2.75) is 71.9 Å². The van der Waals surface area contributed by atoms with Crippen molar-refractivity contribution in [2.24, 2.45) is 5.92 Å². The monoisotopic (exact) mass is 753 g/mol. The molecule has 0 fully saturated rings. The Hall–Kier alpha value is -6.03. The van der Waals surface area contributed by atoms with Crippen molar-refractivity contribution in [3.05, 3.63) is 95.7 Å². The average molecular weight is 754 g/mol. The summed E-state index contributed by atoms with van der Waals surface area (Å²) in [5.74, 6) is -8.40. The molecule has 3 unspecified atom stereocenters. The normalized spacial score (nSPS) is 16.2. The number of carbonyl (C=O) groups is 6. The maximum atomic E-state index is 15.3. The summed E-state index contributed by atoms with van der Waals surface area (Å²) in [4.78, 5) is 79.8. The van der Waals surface area contributed by atoms with Crippen molar-refractivity contribution in [2.75, 3.05) is 0 Å². The van der Waals surface area contributed by atoms with Crippen LogP contribution in [0.25, 0.3) is 5.70 Å². The fourth-order valence-corrected chi connectivity index (χ4v) is 6.02. The molecule has 0 radical (unpaired) electrons. The van der Waals surface area contributed by atoms with Crippen molar-refractivity contribution >= 4 is 41.3 Å². The SMILES string of the molecule is CC(=O)NC(O)(C(Cc1ccccc1)N1C(=O)C(C(C)C)N(C(=O)c2ccccc2)C=C1c1cc(OC(C)=O)c(OC(C)=O)c(OC(C)=O)c1)C(F)(F)F. The van der Waals surface area contributed by atoms with Gasteiger partial charge in [-0.1, -0.05) is 62.4 Å². The third kappa shape index (κ3) is 8.94. The van der Waals surface area contributed by atoms with Crippen LogP contribution in [0.3, 0.4) is 0 Å². The molecule has 3 atom stereocenters. The van der Waals surface area contributed by atoms with Gasteiger partial charge in [0.1, 0.15) is 6.04 Å². The molecule has 4 rings (SSSR count). The Bertz CT molecular complexity index is 1930. The fraction of sp³-hybridized carbons (Fsp3) is 0.316. The molecule has 1 aliphatic rings. The average Bonchev–Trinajstić information content (AvgIpc) is 3.07. The van der Waals surface area contributed by atoms with Crippen LogP contribution in [0, 0.1) is 5.92 Å². The Balaban J connectivity index is 2.18. The van der Waals surface area contributed by atoms with E-state index in [4.69, 9.17) is 14.2 Å². The number of aliphatic hydroxyl groups is 1. The molecule has 0 saturated heterocycles. The molecule has 1 heterocycles. The van der Waals surface area contributed by atoms with Gasteiger partial charge >= 0.3 is 24.1 Å². The lowest BCUT2D eigenvalue weighted by Gasteiger charge is -2.49. The molecule has 0 aromatic heterocycles. The molecule has 0 saturated carbocycles. The minimum absolute atomic E-state index is 0.109. The standard InChI is InChI=1S/C38H38F3N3O10/c1-21(2)33-36(50)44(32(17-26-13-9-7-10-14-26)37(51,38(39,40)41)42-22(3)45)29(20-43(33)35(49)27-15-11-8-12-16-27)28-18-30(52-23(4)46)34(54-25(6)48)31(19-28)53-24(5)47/h7-16,18-21,32-33,51H,17H2,1-6H3,(H,42,45). The van der Waals surface area contributed by atoms with Gasteiger partial charge in [-0.2, -0.15) is 13.2 Å². The summed E-state index contributed by atoms with van der Waals surface area (Å²) >= 11 is 0. The Morgan fingerprint density at radius 3 is 1.76 bits per heavy atom. The number of nitrogens with zero attached hydrogens (tertiary/aromatic N) is 2. The summed E-state index contributed by atoms with van der Waals surface area (Å²) in [7, 11) is 0. The van der Waals surface area contributed by atoms with E-state index in [9.17, 15) is 33.9 Å². The number of hydrogen-bond donors (Lipinski definition) is 2.